The Labute approximate surface area is 127 Å². The first-order chi connectivity index (χ1) is 9.51. The molecule has 0 unspecified atom stereocenters. The van der Waals surface area contributed by atoms with Crippen LogP contribution in [0, 0.1) is 6.92 Å². The van der Waals surface area contributed by atoms with Crippen LogP contribution in [0.2, 0.25) is 0 Å². The molecular weight excluding hydrogens is 324 g/mol. The van der Waals surface area contributed by atoms with Gasteiger partial charge in [-0.1, -0.05) is 45.8 Å². The van der Waals surface area contributed by atoms with Crippen molar-refractivity contribution in [2.45, 2.75) is 31.5 Å². The van der Waals surface area contributed by atoms with Gasteiger partial charge in [-0.05, 0) is 26.3 Å². The van der Waals surface area contributed by atoms with Crippen molar-refractivity contribution < 1.29 is 19.1 Å². The van der Waals surface area contributed by atoms with Gasteiger partial charge in [-0.2, -0.15) is 0 Å². The third-order valence-corrected chi connectivity index (χ3v) is 3.68. The van der Waals surface area contributed by atoms with Crippen molar-refractivity contribution in [3.8, 4) is 0 Å². The normalized spacial score (nSPS) is 13.4. The minimum atomic E-state index is -0.760. The SMILES string of the molecule is CCOC(=O)[C@@H](Br)[C@H](C(=O)OCC)c1ccc(C)cc1. The smallest absolute Gasteiger partial charge is 0.320 e. The lowest BCUT2D eigenvalue weighted by molar-refractivity contribution is -0.150. The summed E-state index contributed by atoms with van der Waals surface area (Å²) in [5, 5.41) is 0. The summed E-state index contributed by atoms with van der Waals surface area (Å²) in [7, 11) is 0. The predicted molar refractivity (Wildman–Crippen MR) is 79.9 cm³/mol. The molecule has 2 atom stereocenters. The van der Waals surface area contributed by atoms with E-state index in [-0.39, 0.29) is 13.2 Å². The minimum absolute atomic E-state index is 0.268. The summed E-state index contributed by atoms with van der Waals surface area (Å²) in [5.41, 5.74) is 1.81. The van der Waals surface area contributed by atoms with Crippen LogP contribution in [0.3, 0.4) is 0 Å². The lowest BCUT2D eigenvalue weighted by Crippen LogP contribution is -2.31. The minimum Gasteiger partial charge on any atom is -0.465 e. The summed E-state index contributed by atoms with van der Waals surface area (Å²) in [6.45, 7) is 5.95. The van der Waals surface area contributed by atoms with Crippen molar-refractivity contribution >= 4 is 27.9 Å². The molecule has 0 aliphatic heterocycles. The van der Waals surface area contributed by atoms with Crippen molar-refractivity contribution in [2.75, 3.05) is 13.2 Å². The van der Waals surface area contributed by atoms with E-state index >= 15 is 0 Å². The van der Waals surface area contributed by atoms with Crippen molar-refractivity contribution in [3.05, 3.63) is 35.4 Å². The van der Waals surface area contributed by atoms with Crippen molar-refractivity contribution in [3.63, 3.8) is 0 Å². The van der Waals surface area contributed by atoms with E-state index in [0.29, 0.717) is 0 Å². The van der Waals surface area contributed by atoms with Gasteiger partial charge in [-0.25, -0.2) is 0 Å². The summed E-state index contributed by atoms with van der Waals surface area (Å²) in [6, 6.07) is 7.44. The van der Waals surface area contributed by atoms with Crippen LogP contribution in [-0.4, -0.2) is 30.0 Å². The molecule has 5 heteroatoms. The lowest BCUT2D eigenvalue weighted by atomic mass is 9.95. The van der Waals surface area contributed by atoms with Crippen LogP contribution in [0.25, 0.3) is 0 Å². The van der Waals surface area contributed by atoms with E-state index in [1.165, 1.54) is 0 Å². The van der Waals surface area contributed by atoms with Gasteiger partial charge in [0.2, 0.25) is 0 Å². The molecule has 0 saturated carbocycles. The topological polar surface area (TPSA) is 52.6 Å². The molecule has 1 aromatic carbocycles. The fourth-order valence-electron chi connectivity index (χ4n) is 1.79. The average molecular weight is 343 g/mol. The summed E-state index contributed by atoms with van der Waals surface area (Å²) in [6.07, 6.45) is 0. The molecule has 0 aromatic heterocycles. The molecule has 1 aromatic rings. The number of carbonyl (C=O) groups excluding carboxylic acids is 2. The molecule has 0 radical (unpaired) electrons. The molecule has 110 valence electrons. The van der Waals surface area contributed by atoms with Gasteiger partial charge in [-0.3, -0.25) is 9.59 Å². The Morgan fingerprint density at radius 1 is 1.05 bits per heavy atom. The summed E-state index contributed by atoms with van der Waals surface area (Å²) < 4.78 is 10.0. The van der Waals surface area contributed by atoms with Crippen molar-refractivity contribution in [1.82, 2.24) is 0 Å². The van der Waals surface area contributed by atoms with Crippen LogP contribution >= 0.6 is 15.9 Å². The van der Waals surface area contributed by atoms with Gasteiger partial charge in [0.1, 0.15) is 10.7 Å². The van der Waals surface area contributed by atoms with Crippen LogP contribution in [-0.2, 0) is 19.1 Å². The Hall–Kier alpha value is -1.36. The zero-order valence-corrected chi connectivity index (χ0v) is 13.5. The first-order valence-electron chi connectivity index (χ1n) is 6.55. The Kier molecular flexibility index (Phi) is 6.71. The zero-order valence-electron chi connectivity index (χ0n) is 11.9. The number of halogens is 1. The maximum atomic E-state index is 12.1. The van der Waals surface area contributed by atoms with Crippen LogP contribution in [0.4, 0.5) is 0 Å². The number of rotatable bonds is 6. The maximum Gasteiger partial charge on any atom is 0.320 e. The fourth-order valence-corrected chi connectivity index (χ4v) is 2.44. The molecule has 20 heavy (non-hydrogen) atoms. The monoisotopic (exact) mass is 342 g/mol. The van der Waals surface area contributed by atoms with E-state index in [4.69, 9.17) is 9.47 Å². The Bertz CT molecular complexity index is 455. The molecule has 0 saturated heterocycles. The first kappa shape index (κ1) is 16.7. The number of ether oxygens (including phenoxy) is 2. The molecule has 0 N–H and O–H groups in total. The Morgan fingerprint density at radius 3 is 2.05 bits per heavy atom. The molecule has 0 fully saturated rings. The molecule has 0 heterocycles. The highest BCUT2D eigenvalue weighted by Gasteiger charge is 2.35. The van der Waals surface area contributed by atoms with Gasteiger partial charge in [0.05, 0.1) is 13.2 Å². The summed E-state index contributed by atoms with van der Waals surface area (Å²) in [5.74, 6) is -1.62. The average Bonchev–Trinajstić information content (AvgIpc) is 2.41. The van der Waals surface area contributed by atoms with Gasteiger partial charge >= 0.3 is 11.9 Å². The van der Waals surface area contributed by atoms with E-state index in [0.717, 1.165) is 11.1 Å². The van der Waals surface area contributed by atoms with Gasteiger partial charge < -0.3 is 9.47 Å². The summed E-state index contributed by atoms with van der Waals surface area (Å²) >= 11 is 3.26. The second-order valence-electron chi connectivity index (χ2n) is 4.29. The second kappa shape index (κ2) is 8.04. The molecule has 0 amide bonds. The number of hydrogen-bond donors (Lipinski definition) is 0. The highest BCUT2D eigenvalue weighted by atomic mass is 79.9. The van der Waals surface area contributed by atoms with Crippen LogP contribution < -0.4 is 0 Å². The molecule has 4 nitrogen and oxygen atoms in total. The predicted octanol–water partition coefficient (Wildman–Crippen LogP) is 2.97. The standard InChI is InChI=1S/C15H19BrO4/c1-4-19-14(17)12(13(16)15(18)20-5-2)11-8-6-10(3)7-9-11/h6-9,12-13H,4-5H2,1-3H3/t12-,13+/m1/s1. The number of esters is 2. The maximum absolute atomic E-state index is 12.1. The van der Waals surface area contributed by atoms with Gasteiger partial charge in [0.25, 0.3) is 0 Å². The Balaban J connectivity index is 3.04. The van der Waals surface area contributed by atoms with E-state index in [1.807, 2.05) is 31.2 Å². The number of carbonyl (C=O) groups is 2. The molecular formula is C15H19BrO4. The highest BCUT2D eigenvalue weighted by molar-refractivity contribution is 9.10. The second-order valence-corrected chi connectivity index (χ2v) is 5.28. The van der Waals surface area contributed by atoms with E-state index in [2.05, 4.69) is 15.9 Å². The van der Waals surface area contributed by atoms with E-state index < -0.39 is 22.7 Å². The van der Waals surface area contributed by atoms with E-state index in [9.17, 15) is 9.59 Å². The molecule has 0 spiro atoms. The number of alkyl halides is 1. The van der Waals surface area contributed by atoms with Gasteiger partial charge in [-0.15, -0.1) is 0 Å². The molecule has 1 rings (SSSR count). The van der Waals surface area contributed by atoms with Gasteiger partial charge in [0, 0.05) is 0 Å². The molecule has 0 aliphatic rings. The van der Waals surface area contributed by atoms with E-state index in [1.54, 1.807) is 13.8 Å². The van der Waals surface area contributed by atoms with Crippen LogP contribution in [0.1, 0.15) is 30.9 Å². The fraction of sp³-hybridized carbons (Fsp3) is 0.467. The van der Waals surface area contributed by atoms with Crippen LogP contribution in [0.5, 0.6) is 0 Å². The van der Waals surface area contributed by atoms with Crippen LogP contribution in [0.15, 0.2) is 24.3 Å². The number of hydrogen-bond acceptors (Lipinski definition) is 4. The lowest BCUT2D eigenvalue weighted by Gasteiger charge is -2.20. The number of benzene rings is 1. The van der Waals surface area contributed by atoms with Crippen molar-refractivity contribution in [2.24, 2.45) is 0 Å². The third-order valence-electron chi connectivity index (χ3n) is 2.78. The first-order valence-corrected chi connectivity index (χ1v) is 7.46. The molecule has 0 aliphatic carbocycles. The quantitative estimate of drug-likeness (QED) is 0.589. The third kappa shape index (κ3) is 4.34. The van der Waals surface area contributed by atoms with Gasteiger partial charge in [0.15, 0.2) is 0 Å². The molecule has 0 bridgehead atoms. The highest BCUT2D eigenvalue weighted by Crippen LogP contribution is 2.28. The zero-order chi connectivity index (χ0) is 15.1. The van der Waals surface area contributed by atoms with Crippen molar-refractivity contribution in [1.29, 1.82) is 0 Å². The Morgan fingerprint density at radius 2 is 1.55 bits per heavy atom. The number of aryl methyl sites for hydroxylation is 1. The summed E-state index contributed by atoms with van der Waals surface area (Å²) in [4.78, 5) is 23.2. The largest absolute Gasteiger partial charge is 0.465 e.